The summed E-state index contributed by atoms with van der Waals surface area (Å²) in [5.74, 6) is 0.315. The first-order chi connectivity index (χ1) is 9.21. The van der Waals surface area contributed by atoms with Gasteiger partial charge in [-0.05, 0) is 32.3 Å². The van der Waals surface area contributed by atoms with Gasteiger partial charge < -0.3 is 0 Å². The number of hydrogen-bond donors (Lipinski definition) is 0. The van der Waals surface area contributed by atoms with Crippen LogP contribution in [0.15, 0.2) is 54.6 Å². The van der Waals surface area contributed by atoms with Gasteiger partial charge in [0.2, 0.25) is 0 Å². The molecule has 0 aromatic heterocycles. The SMILES string of the molecule is CC=CCC(CC=CC)(C(=O)CC)c1ccccc1. The molecule has 0 radical (unpaired) electrons. The molecule has 1 aromatic rings. The molecule has 0 bridgehead atoms. The lowest BCUT2D eigenvalue weighted by Gasteiger charge is -2.31. The van der Waals surface area contributed by atoms with Crippen LogP contribution in [0.4, 0.5) is 0 Å². The summed E-state index contributed by atoms with van der Waals surface area (Å²) in [6.07, 6.45) is 10.4. The molecule has 1 nitrogen and oxygen atoms in total. The van der Waals surface area contributed by atoms with Crippen LogP contribution in [0.2, 0.25) is 0 Å². The van der Waals surface area contributed by atoms with Gasteiger partial charge in [0.1, 0.15) is 5.78 Å². The summed E-state index contributed by atoms with van der Waals surface area (Å²) in [6, 6.07) is 10.2. The molecule has 1 aromatic carbocycles. The normalized spacial score (nSPS) is 14.9. The molecule has 0 aliphatic carbocycles. The van der Waals surface area contributed by atoms with Crippen molar-refractivity contribution in [3.63, 3.8) is 0 Å². The minimum Gasteiger partial charge on any atom is -0.299 e. The first-order valence-corrected chi connectivity index (χ1v) is 7.02. The van der Waals surface area contributed by atoms with E-state index in [9.17, 15) is 4.79 Å². The van der Waals surface area contributed by atoms with Crippen LogP contribution in [-0.2, 0) is 10.2 Å². The van der Waals surface area contributed by atoms with Gasteiger partial charge in [0.15, 0.2) is 0 Å². The van der Waals surface area contributed by atoms with Crippen molar-refractivity contribution >= 4 is 5.78 Å². The maximum atomic E-state index is 12.6. The molecule has 19 heavy (non-hydrogen) atoms. The maximum absolute atomic E-state index is 12.6. The van der Waals surface area contributed by atoms with E-state index < -0.39 is 5.41 Å². The van der Waals surface area contributed by atoms with E-state index in [1.165, 1.54) is 0 Å². The average molecular weight is 256 g/mol. The predicted octanol–water partition coefficient (Wildman–Crippen LogP) is 4.84. The first-order valence-electron chi connectivity index (χ1n) is 7.02. The fourth-order valence-corrected chi connectivity index (χ4v) is 2.44. The van der Waals surface area contributed by atoms with Gasteiger partial charge in [-0.2, -0.15) is 0 Å². The molecule has 1 heteroatoms. The Morgan fingerprint density at radius 1 is 1.05 bits per heavy atom. The Labute approximate surface area is 117 Å². The molecule has 0 heterocycles. The zero-order chi connectivity index (χ0) is 14.1. The molecular formula is C18H24O. The van der Waals surface area contributed by atoms with Crippen molar-refractivity contribution in [3.8, 4) is 0 Å². The lowest BCUT2D eigenvalue weighted by molar-refractivity contribution is -0.124. The van der Waals surface area contributed by atoms with Crippen molar-refractivity contribution in [1.29, 1.82) is 0 Å². The standard InChI is InChI=1S/C18H24O/c1-4-7-14-18(15-8-5-2,17(19)6-3)16-12-10-9-11-13-16/h4-5,7-13H,6,14-15H2,1-3H3. The van der Waals surface area contributed by atoms with Gasteiger partial charge in [0.25, 0.3) is 0 Å². The summed E-state index contributed by atoms with van der Waals surface area (Å²) in [6.45, 7) is 5.95. The molecule has 0 spiro atoms. The minimum atomic E-state index is -0.408. The van der Waals surface area contributed by atoms with E-state index in [1.807, 2.05) is 51.1 Å². The highest BCUT2D eigenvalue weighted by atomic mass is 16.1. The molecule has 0 N–H and O–H groups in total. The largest absolute Gasteiger partial charge is 0.299 e. The van der Waals surface area contributed by atoms with Crippen LogP contribution in [0.5, 0.6) is 0 Å². The molecule has 102 valence electrons. The van der Waals surface area contributed by atoms with Gasteiger partial charge in [0.05, 0.1) is 5.41 Å². The van der Waals surface area contributed by atoms with Gasteiger partial charge in [-0.1, -0.05) is 61.6 Å². The molecule has 0 unspecified atom stereocenters. The Morgan fingerprint density at radius 3 is 2.00 bits per heavy atom. The average Bonchev–Trinajstić information content (AvgIpc) is 2.48. The number of hydrogen-bond acceptors (Lipinski definition) is 1. The predicted molar refractivity (Wildman–Crippen MR) is 82.3 cm³/mol. The Morgan fingerprint density at radius 2 is 1.58 bits per heavy atom. The second kappa shape index (κ2) is 7.73. The molecule has 0 saturated heterocycles. The summed E-state index contributed by atoms with van der Waals surface area (Å²) in [4.78, 5) is 12.6. The molecule has 0 aliphatic rings. The second-order valence-electron chi connectivity index (χ2n) is 4.77. The fourth-order valence-electron chi connectivity index (χ4n) is 2.44. The van der Waals surface area contributed by atoms with Crippen molar-refractivity contribution in [3.05, 3.63) is 60.2 Å². The molecule has 0 saturated carbocycles. The van der Waals surface area contributed by atoms with Crippen molar-refractivity contribution in [2.75, 3.05) is 0 Å². The van der Waals surface area contributed by atoms with E-state index in [0.29, 0.717) is 12.2 Å². The minimum absolute atomic E-state index is 0.315. The van der Waals surface area contributed by atoms with Gasteiger partial charge in [-0.3, -0.25) is 4.79 Å². The van der Waals surface area contributed by atoms with Gasteiger partial charge in [-0.25, -0.2) is 0 Å². The van der Waals surface area contributed by atoms with E-state index >= 15 is 0 Å². The first kappa shape index (κ1) is 15.4. The lowest BCUT2D eigenvalue weighted by Crippen LogP contribution is -2.34. The van der Waals surface area contributed by atoms with Crippen LogP contribution in [-0.4, -0.2) is 5.78 Å². The summed E-state index contributed by atoms with van der Waals surface area (Å²) in [5.41, 5.74) is 0.715. The Balaban J connectivity index is 3.28. The number of allylic oxidation sites excluding steroid dienone is 4. The van der Waals surface area contributed by atoms with Gasteiger partial charge in [0, 0.05) is 6.42 Å². The second-order valence-corrected chi connectivity index (χ2v) is 4.77. The topological polar surface area (TPSA) is 17.1 Å². The third-order valence-electron chi connectivity index (χ3n) is 3.59. The smallest absolute Gasteiger partial charge is 0.143 e. The summed E-state index contributed by atoms with van der Waals surface area (Å²) >= 11 is 0. The van der Waals surface area contributed by atoms with Crippen LogP contribution in [0.1, 0.15) is 45.6 Å². The highest BCUT2D eigenvalue weighted by Crippen LogP contribution is 2.35. The van der Waals surface area contributed by atoms with Gasteiger partial charge in [-0.15, -0.1) is 0 Å². The maximum Gasteiger partial charge on any atom is 0.143 e. The number of Topliss-reactive ketones (excluding diaryl/α,β-unsaturated/α-hetero) is 1. The van der Waals surface area contributed by atoms with Crippen molar-refractivity contribution in [1.82, 2.24) is 0 Å². The zero-order valence-corrected chi connectivity index (χ0v) is 12.2. The van der Waals surface area contributed by atoms with Crippen LogP contribution in [0, 0.1) is 0 Å². The molecule has 0 fully saturated rings. The van der Waals surface area contributed by atoms with E-state index in [4.69, 9.17) is 0 Å². The Hall–Kier alpha value is -1.63. The Kier molecular flexibility index (Phi) is 6.27. The quantitative estimate of drug-likeness (QED) is 0.638. The van der Waals surface area contributed by atoms with E-state index in [0.717, 1.165) is 18.4 Å². The fraction of sp³-hybridized carbons (Fsp3) is 0.389. The van der Waals surface area contributed by atoms with Gasteiger partial charge >= 0.3 is 0 Å². The highest BCUT2D eigenvalue weighted by molar-refractivity contribution is 5.90. The zero-order valence-electron chi connectivity index (χ0n) is 12.2. The highest BCUT2D eigenvalue weighted by Gasteiger charge is 2.36. The van der Waals surface area contributed by atoms with E-state index in [1.54, 1.807) is 0 Å². The monoisotopic (exact) mass is 256 g/mol. The van der Waals surface area contributed by atoms with Crippen LogP contribution < -0.4 is 0 Å². The molecular weight excluding hydrogens is 232 g/mol. The number of benzene rings is 1. The number of ketones is 1. The van der Waals surface area contributed by atoms with Crippen LogP contribution in [0.25, 0.3) is 0 Å². The summed E-state index contributed by atoms with van der Waals surface area (Å²) < 4.78 is 0. The molecule has 0 atom stereocenters. The summed E-state index contributed by atoms with van der Waals surface area (Å²) in [5, 5.41) is 0. The number of carbonyl (C=O) groups is 1. The van der Waals surface area contributed by atoms with E-state index in [-0.39, 0.29) is 0 Å². The molecule has 0 amide bonds. The third-order valence-corrected chi connectivity index (χ3v) is 3.59. The van der Waals surface area contributed by atoms with Crippen molar-refractivity contribution in [2.24, 2.45) is 0 Å². The number of rotatable bonds is 7. The molecule has 0 aliphatic heterocycles. The van der Waals surface area contributed by atoms with Crippen LogP contribution >= 0.6 is 0 Å². The molecule has 1 rings (SSSR count). The number of carbonyl (C=O) groups excluding carboxylic acids is 1. The van der Waals surface area contributed by atoms with Crippen LogP contribution in [0.3, 0.4) is 0 Å². The summed E-state index contributed by atoms with van der Waals surface area (Å²) in [7, 11) is 0. The van der Waals surface area contributed by atoms with Crippen molar-refractivity contribution < 1.29 is 4.79 Å². The third kappa shape index (κ3) is 3.66. The van der Waals surface area contributed by atoms with Crippen molar-refractivity contribution in [2.45, 2.75) is 45.4 Å². The Bertz CT molecular complexity index is 426. The lowest BCUT2D eigenvalue weighted by atomic mass is 9.70. The van der Waals surface area contributed by atoms with E-state index in [2.05, 4.69) is 24.3 Å².